The van der Waals surface area contributed by atoms with Crippen molar-refractivity contribution in [3.63, 3.8) is 0 Å². The number of fused-ring (bicyclic) bond motifs is 1. The number of hydrogen-bond acceptors (Lipinski definition) is 3. The van der Waals surface area contributed by atoms with Crippen LogP contribution in [0.25, 0.3) is 17.0 Å². The maximum Gasteiger partial charge on any atom is 0.265 e. The lowest BCUT2D eigenvalue weighted by molar-refractivity contribution is -0.121. The lowest BCUT2D eigenvalue weighted by Gasteiger charge is -2.06. The Morgan fingerprint density at radius 3 is 2.62 bits per heavy atom. The van der Waals surface area contributed by atoms with E-state index >= 15 is 0 Å². The number of rotatable bonds is 3. The van der Waals surface area contributed by atoms with Gasteiger partial charge in [0.2, 0.25) is 0 Å². The molecule has 0 atom stereocenters. The molecule has 1 amide bonds. The van der Waals surface area contributed by atoms with Crippen LogP contribution in [0.1, 0.15) is 11.1 Å². The Hall–Kier alpha value is -2.44. The number of thioether (sulfide) groups is 1. The fraction of sp³-hybridized carbons (Fsp3) is 0.100. The van der Waals surface area contributed by atoms with Gasteiger partial charge >= 0.3 is 0 Å². The number of carbonyl (C=O) groups is 1. The van der Waals surface area contributed by atoms with Crippen molar-refractivity contribution < 1.29 is 9.18 Å². The Morgan fingerprint density at radius 1 is 1.15 bits per heavy atom. The lowest BCUT2D eigenvalue weighted by Crippen LogP contribution is -2.22. The molecule has 130 valence electrons. The summed E-state index contributed by atoms with van der Waals surface area (Å²) < 4.78 is 16.6. The first kappa shape index (κ1) is 17.0. The molecule has 0 aliphatic carbocycles. The van der Waals surface area contributed by atoms with Crippen LogP contribution in [0.4, 0.5) is 4.39 Å². The third-order valence-corrected chi connectivity index (χ3v) is 5.88. The molecule has 1 fully saturated rings. The van der Waals surface area contributed by atoms with Crippen LogP contribution in [0, 0.1) is 5.82 Å². The number of carbonyl (C=O) groups excluding carboxylic acids is 1. The van der Waals surface area contributed by atoms with Crippen LogP contribution in [0.5, 0.6) is 0 Å². The standard InChI is InChI=1S/C20H15FN2OS2/c1-22-19(24)18(26-20(22)25)10-14-12-23(17-9-5-3-7-15(14)17)11-13-6-2-4-8-16(13)21/h2-10,12H,11H2,1H3. The third kappa shape index (κ3) is 2.95. The summed E-state index contributed by atoms with van der Waals surface area (Å²) in [5.74, 6) is -0.315. The van der Waals surface area contributed by atoms with E-state index in [0.29, 0.717) is 21.3 Å². The second-order valence-electron chi connectivity index (χ2n) is 6.06. The van der Waals surface area contributed by atoms with E-state index in [1.165, 1.54) is 22.7 Å². The van der Waals surface area contributed by atoms with Crippen molar-refractivity contribution in [2.75, 3.05) is 7.05 Å². The minimum absolute atomic E-state index is 0.0917. The highest BCUT2D eigenvalue weighted by Gasteiger charge is 2.29. The average molecular weight is 382 g/mol. The van der Waals surface area contributed by atoms with Gasteiger partial charge in [0.15, 0.2) is 0 Å². The summed E-state index contributed by atoms with van der Waals surface area (Å²) in [5, 5.41) is 1.02. The third-order valence-electron chi connectivity index (χ3n) is 4.39. The van der Waals surface area contributed by atoms with Crippen molar-refractivity contribution in [3.8, 4) is 0 Å². The van der Waals surface area contributed by atoms with Gasteiger partial charge in [0, 0.05) is 35.3 Å². The van der Waals surface area contributed by atoms with Gasteiger partial charge in [0.05, 0.1) is 11.4 Å². The summed E-state index contributed by atoms with van der Waals surface area (Å²) in [5.41, 5.74) is 2.54. The molecule has 0 saturated carbocycles. The van der Waals surface area contributed by atoms with E-state index in [9.17, 15) is 9.18 Å². The molecule has 3 aromatic rings. The molecular weight excluding hydrogens is 367 g/mol. The Bertz CT molecular complexity index is 1070. The van der Waals surface area contributed by atoms with E-state index in [-0.39, 0.29) is 11.7 Å². The number of thiocarbonyl (C=S) groups is 1. The number of likely N-dealkylation sites (N-methyl/N-ethyl adjacent to an activating group) is 1. The van der Waals surface area contributed by atoms with Crippen LogP contribution in [0.3, 0.4) is 0 Å². The van der Waals surface area contributed by atoms with Crippen molar-refractivity contribution in [1.29, 1.82) is 0 Å². The van der Waals surface area contributed by atoms with E-state index in [2.05, 4.69) is 0 Å². The summed E-state index contributed by atoms with van der Waals surface area (Å²) in [7, 11) is 1.68. The van der Waals surface area contributed by atoms with Crippen molar-refractivity contribution in [2.24, 2.45) is 0 Å². The fourth-order valence-corrected chi connectivity index (χ4v) is 4.19. The summed E-state index contributed by atoms with van der Waals surface area (Å²) in [6, 6.07) is 14.7. The van der Waals surface area contributed by atoms with Crippen molar-refractivity contribution in [1.82, 2.24) is 9.47 Å². The molecule has 1 aliphatic heterocycles. The van der Waals surface area contributed by atoms with Gasteiger partial charge in [-0.25, -0.2) is 4.39 Å². The van der Waals surface area contributed by atoms with E-state index in [1.807, 2.05) is 47.2 Å². The summed E-state index contributed by atoms with van der Waals surface area (Å²) in [4.78, 5) is 14.4. The molecule has 3 nitrogen and oxygen atoms in total. The molecule has 2 aromatic carbocycles. The quantitative estimate of drug-likeness (QED) is 0.487. The van der Waals surface area contributed by atoms with Crippen LogP contribution in [0.2, 0.25) is 0 Å². The van der Waals surface area contributed by atoms with Gasteiger partial charge in [0.25, 0.3) is 5.91 Å². The minimum Gasteiger partial charge on any atom is -0.342 e. The van der Waals surface area contributed by atoms with Gasteiger partial charge in [0.1, 0.15) is 10.1 Å². The molecule has 26 heavy (non-hydrogen) atoms. The van der Waals surface area contributed by atoms with Gasteiger partial charge in [-0.1, -0.05) is 60.4 Å². The highest BCUT2D eigenvalue weighted by Crippen LogP contribution is 2.33. The largest absolute Gasteiger partial charge is 0.342 e. The predicted octanol–water partition coefficient (Wildman–Crippen LogP) is 4.66. The zero-order valence-corrected chi connectivity index (χ0v) is 15.6. The normalized spacial score (nSPS) is 16.2. The summed E-state index contributed by atoms with van der Waals surface area (Å²) >= 11 is 6.50. The smallest absolute Gasteiger partial charge is 0.265 e. The zero-order chi connectivity index (χ0) is 18.3. The number of amides is 1. The topological polar surface area (TPSA) is 25.2 Å². The average Bonchev–Trinajstić information content (AvgIpc) is 3.10. The Morgan fingerprint density at radius 2 is 1.88 bits per heavy atom. The van der Waals surface area contributed by atoms with E-state index < -0.39 is 0 Å². The fourth-order valence-electron chi connectivity index (χ4n) is 3.02. The molecule has 0 N–H and O–H groups in total. The zero-order valence-electron chi connectivity index (χ0n) is 14.0. The molecule has 2 heterocycles. The number of hydrogen-bond donors (Lipinski definition) is 0. The number of halogens is 1. The van der Waals surface area contributed by atoms with Gasteiger partial charge in [-0.05, 0) is 18.2 Å². The first-order valence-electron chi connectivity index (χ1n) is 8.07. The molecule has 4 rings (SSSR count). The number of para-hydroxylation sites is 1. The highest BCUT2D eigenvalue weighted by molar-refractivity contribution is 8.26. The SMILES string of the molecule is CN1C(=O)C(=Cc2cn(Cc3ccccc3F)c3ccccc23)SC1=S. The maximum atomic E-state index is 14.1. The second-order valence-corrected chi connectivity index (χ2v) is 7.74. The van der Waals surface area contributed by atoms with Crippen LogP contribution in [0.15, 0.2) is 59.6 Å². The van der Waals surface area contributed by atoms with Gasteiger partial charge in [-0.2, -0.15) is 0 Å². The molecule has 0 spiro atoms. The summed E-state index contributed by atoms with van der Waals surface area (Å²) in [6.45, 7) is 0.426. The Labute approximate surface area is 160 Å². The molecule has 0 unspecified atom stereocenters. The van der Waals surface area contributed by atoms with Crippen LogP contribution >= 0.6 is 24.0 Å². The molecule has 0 radical (unpaired) electrons. The first-order chi connectivity index (χ1) is 12.5. The lowest BCUT2D eigenvalue weighted by atomic mass is 10.1. The van der Waals surface area contributed by atoms with Gasteiger partial charge in [-0.3, -0.25) is 9.69 Å². The highest BCUT2D eigenvalue weighted by atomic mass is 32.2. The number of benzene rings is 2. The first-order valence-corrected chi connectivity index (χ1v) is 9.30. The van der Waals surface area contributed by atoms with Crippen molar-refractivity contribution in [2.45, 2.75) is 6.54 Å². The molecule has 0 bridgehead atoms. The molecule has 1 aliphatic rings. The van der Waals surface area contributed by atoms with Crippen LogP contribution in [-0.2, 0) is 11.3 Å². The van der Waals surface area contributed by atoms with Crippen molar-refractivity contribution in [3.05, 3.63) is 76.6 Å². The van der Waals surface area contributed by atoms with Crippen LogP contribution in [-0.4, -0.2) is 26.7 Å². The van der Waals surface area contributed by atoms with Gasteiger partial charge < -0.3 is 4.57 Å². The van der Waals surface area contributed by atoms with Crippen LogP contribution < -0.4 is 0 Å². The molecular formula is C20H15FN2OS2. The number of aromatic nitrogens is 1. The Kier molecular flexibility index (Phi) is 4.38. The van der Waals surface area contributed by atoms with E-state index in [1.54, 1.807) is 19.2 Å². The van der Waals surface area contributed by atoms with Crippen molar-refractivity contribution >= 4 is 51.2 Å². The van der Waals surface area contributed by atoms with E-state index in [0.717, 1.165) is 16.5 Å². The molecule has 1 saturated heterocycles. The predicted molar refractivity (Wildman–Crippen MR) is 108 cm³/mol. The summed E-state index contributed by atoms with van der Waals surface area (Å²) in [6.07, 6.45) is 3.82. The molecule has 1 aromatic heterocycles. The Balaban J connectivity index is 1.79. The maximum absolute atomic E-state index is 14.1. The monoisotopic (exact) mass is 382 g/mol. The van der Waals surface area contributed by atoms with Gasteiger partial charge in [-0.15, -0.1) is 0 Å². The molecule has 6 heteroatoms. The van der Waals surface area contributed by atoms with E-state index in [4.69, 9.17) is 12.2 Å². The second kappa shape index (κ2) is 6.70. The minimum atomic E-state index is -0.223. The number of nitrogens with zero attached hydrogens (tertiary/aromatic N) is 2.